The third-order valence-electron chi connectivity index (χ3n) is 3.28. The zero-order valence-electron chi connectivity index (χ0n) is 11.6. The van der Waals surface area contributed by atoms with Crippen LogP contribution >= 0.6 is 27.7 Å². The zero-order valence-corrected chi connectivity index (χ0v) is 14.8. The Bertz CT molecular complexity index is 584. The van der Waals surface area contributed by atoms with E-state index in [-0.39, 0.29) is 6.04 Å². The third kappa shape index (κ3) is 3.76. The van der Waals surface area contributed by atoms with Crippen molar-refractivity contribution in [1.29, 1.82) is 0 Å². The van der Waals surface area contributed by atoms with E-state index in [4.69, 9.17) is 0 Å². The predicted octanol–water partition coefficient (Wildman–Crippen LogP) is 2.26. The van der Waals surface area contributed by atoms with Crippen LogP contribution in [0.25, 0.3) is 0 Å². The van der Waals surface area contributed by atoms with Crippen LogP contribution < -0.4 is 10.0 Å². The molecule has 1 aromatic carbocycles. The summed E-state index contributed by atoms with van der Waals surface area (Å²) in [5, 5.41) is 3.04. The number of nitrogens with one attached hydrogen (secondary N) is 2. The minimum Gasteiger partial charge on any atom is -0.316 e. The van der Waals surface area contributed by atoms with Gasteiger partial charge in [0.05, 0.1) is 4.90 Å². The molecule has 112 valence electrons. The SMILES string of the molecule is CNCc1cc(Br)c(C)c(S(=O)(=O)NC2CCSC2)c1. The van der Waals surface area contributed by atoms with Crippen molar-refractivity contribution in [3.05, 3.63) is 27.7 Å². The molecule has 4 nitrogen and oxygen atoms in total. The quantitative estimate of drug-likeness (QED) is 0.824. The van der Waals surface area contributed by atoms with E-state index in [1.807, 2.05) is 20.0 Å². The van der Waals surface area contributed by atoms with Crippen molar-refractivity contribution in [3.63, 3.8) is 0 Å². The van der Waals surface area contributed by atoms with E-state index in [1.165, 1.54) is 0 Å². The highest BCUT2D eigenvalue weighted by molar-refractivity contribution is 9.10. The maximum absolute atomic E-state index is 12.6. The Balaban J connectivity index is 2.33. The third-order valence-corrected chi connectivity index (χ3v) is 6.91. The van der Waals surface area contributed by atoms with Crippen LogP contribution in [0.15, 0.2) is 21.5 Å². The summed E-state index contributed by atoms with van der Waals surface area (Å²) >= 11 is 5.24. The largest absolute Gasteiger partial charge is 0.316 e. The first-order chi connectivity index (χ1) is 9.44. The molecule has 2 rings (SSSR count). The Morgan fingerprint density at radius 3 is 2.80 bits per heavy atom. The lowest BCUT2D eigenvalue weighted by Crippen LogP contribution is -2.35. The second-order valence-electron chi connectivity index (χ2n) is 4.91. The zero-order chi connectivity index (χ0) is 14.8. The van der Waals surface area contributed by atoms with Gasteiger partial charge in [-0.3, -0.25) is 0 Å². The summed E-state index contributed by atoms with van der Waals surface area (Å²) in [5.41, 5.74) is 1.70. The van der Waals surface area contributed by atoms with Crippen molar-refractivity contribution in [3.8, 4) is 0 Å². The van der Waals surface area contributed by atoms with Crippen molar-refractivity contribution in [1.82, 2.24) is 10.0 Å². The Kier molecular flexibility index (Phi) is 5.53. The molecule has 1 atom stereocenters. The molecule has 1 saturated heterocycles. The molecule has 0 amide bonds. The minimum absolute atomic E-state index is 0.0520. The van der Waals surface area contributed by atoms with Crippen LogP contribution in [0.4, 0.5) is 0 Å². The van der Waals surface area contributed by atoms with Gasteiger partial charge in [0.25, 0.3) is 0 Å². The number of benzene rings is 1. The molecule has 0 aliphatic carbocycles. The Morgan fingerprint density at radius 1 is 1.45 bits per heavy atom. The fourth-order valence-corrected chi connectivity index (χ4v) is 5.69. The fourth-order valence-electron chi connectivity index (χ4n) is 2.20. The van der Waals surface area contributed by atoms with E-state index >= 15 is 0 Å². The van der Waals surface area contributed by atoms with Crippen molar-refractivity contribution in [2.75, 3.05) is 18.6 Å². The number of rotatable bonds is 5. The highest BCUT2D eigenvalue weighted by Crippen LogP contribution is 2.27. The molecular formula is C13H19BrN2O2S2. The molecule has 1 unspecified atom stereocenters. The molecule has 0 radical (unpaired) electrons. The molecule has 2 N–H and O–H groups in total. The van der Waals surface area contributed by atoms with E-state index < -0.39 is 10.0 Å². The Hall–Kier alpha value is -0.0800. The predicted molar refractivity (Wildman–Crippen MR) is 87.7 cm³/mol. The number of sulfonamides is 1. The van der Waals surface area contributed by atoms with E-state index in [2.05, 4.69) is 26.0 Å². The normalized spacial score (nSPS) is 19.4. The molecule has 0 aromatic heterocycles. The van der Waals surface area contributed by atoms with Crippen LogP contribution in [0.2, 0.25) is 0 Å². The van der Waals surface area contributed by atoms with E-state index in [0.717, 1.165) is 33.5 Å². The second-order valence-corrected chi connectivity index (χ2v) is 8.60. The minimum atomic E-state index is -3.46. The van der Waals surface area contributed by atoms with E-state index in [0.29, 0.717) is 11.4 Å². The van der Waals surface area contributed by atoms with Gasteiger partial charge >= 0.3 is 0 Å². The average molecular weight is 379 g/mol. The fraction of sp³-hybridized carbons (Fsp3) is 0.538. The highest BCUT2D eigenvalue weighted by atomic mass is 79.9. The van der Waals surface area contributed by atoms with Gasteiger partial charge in [0, 0.05) is 22.8 Å². The van der Waals surface area contributed by atoms with Crippen LogP contribution in [0.1, 0.15) is 17.5 Å². The van der Waals surface area contributed by atoms with Crippen LogP contribution in [0.3, 0.4) is 0 Å². The maximum atomic E-state index is 12.6. The molecule has 0 bridgehead atoms. The molecule has 1 aliphatic rings. The molecule has 1 aliphatic heterocycles. The van der Waals surface area contributed by atoms with E-state index in [9.17, 15) is 8.42 Å². The summed E-state index contributed by atoms with van der Waals surface area (Å²) in [6.07, 6.45) is 0.903. The first kappa shape index (κ1) is 16.3. The number of hydrogen-bond donors (Lipinski definition) is 2. The van der Waals surface area contributed by atoms with Crippen molar-refractivity contribution >= 4 is 37.7 Å². The first-order valence-electron chi connectivity index (χ1n) is 6.47. The van der Waals surface area contributed by atoms with Gasteiger partial charge in [-0.1, -0.05) is 15.9 Å². The van der Waals surface area contributed by atoms with Crippen LogP contribution in [-0.4, -0.2) is 33.0 Å². The Labute approximate surface area is 133 Å². The molecule has 1 fully saturated rings. The summed E-state index contributed by atoms with van der Waals surface area (Å²) in [7, 11) is -1.62. The average Bonchev–Trinajstić information content (AvgIpc) is 2.85. The lowest BCUT2D eigenvalue weighted by molar-refractivity contribution is 0.562. The van der Waals surface area contributed by atoms with Gasteiger partial charge in [0.2, 0.25) is 10.0 Å². The van der Waals surface area contributed by atoms with E-state index in [1.54, 1.807) is 17.8 Å². The standard InChI is InChI=1S/C13H19BrN2O2S2/c1-9-12(14)5-10(7-15-2)6-13(9)20(17,18)16-11-3-4-19-8-11/h5-6,11,15-16H,3-4,7-8H2,1-2H3. The summed E-state index contributed by atoms with van der Waals surface area (Å²) in [6, 6.07) is 3.76. The highest BCUT2D eigenvalue weighted by Gasteiger charge is 2.25. The van der Waals surface area contributed by atoms with Gasteiger partial charge in [0.1, 0.15) is 0 Å². The molecule has 20 heavy (non-hydrogen) atoms. The first-order valence-corrected chi connectivity index (χ1v) is 9.91. The monoisotopic (exact) mass is 378 g/mol. The summed E-state index contributed by atoms with van der Waals surface area (Å²) in [4.78, 5) is 0.369. The molecule has 0 saturated carbocycles. The van der Waals surface area contributed by atoms with Gasteiger partial charge in [-0.15, -0.1) is 0 Å². The maximum Gasteiger partial charge on any atom is 0.241 e. The lowest BCUT2D eigenvalue weighted by atomic mass is 10.1. The van der Waals surface area contributed by atoms with Crippen molar-refractivity contribution in [2.24, 2.45) is 0 Å². The van der Waals surface area contributed by atoms with Crippen LogP contribution in [0, 0.1) is 6.92 Å². The summed E-state index contributed by atoms with van der Waals surface area (Å²) < 4.78 is 28.8. The Morgan fingerprint density at radius 2 is 2.20 bits per heavy atom. The summed E-state index contributed by atoms with van der Waals surface area (Å²) in [5.74, 6) is 1.88. The van der Waals surface area contributed by atoms with Gasteiger partial charge in [0.15, 0.2) is 0 Å². The molecule has 7 heteroatoms. The topological polar surface area (TPSA) is 58.2 Å². The molecule has 0 spiro atoms. The number of thioether (sulfide) groups is 1. The molecule has 1 aromatic rings. The van der Waals surface area contributed by atoms with Crippen LogP contribution in [-0.2, 0) is 16.6 Å². The number of hydrogen-bond acceptors (Lipinski definition) is 4. The van der Waals surface area contributed by atoms with Crippen molar-refractivity contribution in [2.45, 2.75) is 30.8 Å². The number of halogens is 1. The smallest absolute Gasteiger partial charge is 0.241 e. The summed E-state index contributed by atoms with van der Waals surface area (Å²) in [6.45, 7) is 2.46. The van der Waals surface area contributed by atoms with Gasteiger partial charge in [-0.05, 0) is 49.4 Å². The van der Waals surface area contributed by atoms with Gasteiger partial charge in [-0.25, -0.2) is 13.1 Å². The molecular weight excluding hydrogens is 360 g/mol. The lowest BCUT2D eigenvalue weighted by Gasteiger charge is -2.16. The van der Waals surface area contributed by atoms with Crippen LogP contribution in [0.5, 0.6) is 0 Å². The second kappa shape index (κ2) is 6.79. The van der Waals surface area contributed by atoms with Gasteiger partial charge < -0.3 is 5.32 Å². The van der Waals surface area contributed by atoms with Crippen molar-refractivity contribution < 1.29 is 8.42 Å². The van der Waals surface area contributed by atoms with Gasteiger partial charge in [-0.2, -0.15) is 11.8 Å². The molecule has 1 heterocycles.